The van der Waals surface area contributed by atoms with Gasteiger partial charge in [0, 0.05) is 26.2 Å². The number of piperazine rings is 1. The van der Waals surface area contributed by atoms with E-state index >= 15 is 0 Å². The van der Waals surface area contributed by atoms with Gasteiger partial charge in [-0.1, -0.05) is 24.3 Å². The summed E-state index contributed by atoms with van der Waals surface area (Å²) >= 11 is 0. The molecule has 6 nitrogen and oxygen atoms in total. The summed E-state index contributed by atoms with van der Waals surface area (Å²) in [6, 6.07) is 17.0. The topological polar surface area (TPSA) is 68.6 Å². The van der Waals surface area contributed by atoms with Crippen LogP contribution in [0.5, 0.6) is 5.75 Å². The van der Waals surface area contributed by atoms with Crippen molar-refractivity contribution >= 4 is 17.4 Å². The lowest BCUT2D eigenvalue weighted by Crippen LogP contribution is -2.50. The number of hydrogen-bond donors (Lipinski definition) is 1. The molecule has 0 bridgehead atoms. The summed E-state index contributed by atoms with van der Waals surface area (Å²) in [5, 5.41) is 12.1. The van der Waals surface area contributed by atoms with Gasteiger partial charge in [0.05, 0.1) is 24.0 Å². The highest BCUT2D eigenvalue weighted by Gasteiger charge is 2.23. The van der Waals surface area contributed by atoms with Crippen molar-refractivity contribution in [2.24, 2.45) is 0 Å². The fourth-order valence-electron chi connectivity index (χ4n) is 2.94. The van der Waals surface area contributed by atoms with Crippen LogP contribution in [0.1, 0.15) is 5.56 Å². The molecule has 1 fully saturated rings. The Hall–Kier alpha value is -3.20. The van der Waals surface area contributed by atoms with Crippen molar-refractivity contribution in [3.05, 3.63) is 54.1 Å². The number of carbonyl (C=O) groups is 1. The lowest BCUT2D eigenvalue weighted by molar-refractivity contribution is 0.208. The molecule has 2 aromatic rings. The molecular weight excluding hydrogens is 316 g/mol. The lowest BCUT2D eigenvalue weighted by Gasteiger charge is -2.36. The normalized spacial score (nSPS) is 13.9. The third-order valence-corrected chi connectivity index (χ3v) is 4.28. The molecule has 0 atom stereocenters. The molecule has 6 heteroatoms. The molecule has 1 aliphatic rings. The van der Waals surface area contributed by atoms with Crippen LogP contribution in [0.3, 0.4) is 0 Å². The summed E-state index contributed by atoms with van der Waals surface area (Å²) in [4.78, 5) is 16.4. The number of hydrogen-bond acceptors (Lipinski definition) is 4. The molecule has 1 aliphatic heterocycles. The van der Waals surface area contributed by atoms with E-state index in [4.69, 9.17) is 4.74 Å². The zero-order valence-electron chi connectivity index (χ0n) is 14.1. The Morgan fingerprint density at radius 1 is 1.08 bits per heavy atom. The van der Waals surface area contributed by atoms with Crippen molar-refractivity contribution < 1.29 is 9.53 Å². The van der Waals surface area contributed by atoms with Crippen LogP contribution >= 0.6 is 0 Å². The molecule has 0 aromatic heterocycles. The highest BCUT2D eigenvalue weighted by molar-refractivity contribution is 5.91. The number of rotatable bonds is 3. The number of nitriles is 1. The quantitative estimate of drug-likeness (QED) is 0.936. The Kier molecular flexibility index (Phi) is 5.05. The second kappa shape index (κ2) is 7.58. The van der Waals surface area contributed by atoms with E-state index in [-0.39, 0.29) is 6.03 Å². The smallest absolute Gasteiger partial charge is 0.322 e. The maximum absolute atomic E-state index is 12.5. The van der Waals surface area contributed by atoms with Gasteiger partial charge in [-0.15, -0.1) is 0 Å². The third kappa shape index (κ3) is 3.66. The minimum atomic E-state index is -0.141. The Labute approximate surface area is 147 Å². The summed E-state index contributed by atoms with van der Waals surface area (Å²) in [6.45, 7) is 2.58. The standard InChI is InChI=1S/C19H20N4O2/c1-25-18-9-5-3-7-16(18)21-19(24)23-12-10-22(11-13-23)17-8-4-2-6-15(17)14-20/h2-9H,10-13H2,1H3,(H,21,24). The number of benzene rings is 2. The van der Waals surface area contributed by atoms with Crippen molar-refractivity contribution in [1.29, 1.82) is 5.26 Å². The van der Waals surface area contributed by atoms with Crippen molar-refractivity contribution in [1.82, 2.24) is 4.90 Å². The third-order valence-electron chi connectivity index (χ3n) is 4.28. The predicted octanol–water partition coefficient (Wildman–Crippen LogP) is 2.92. The zero-order valence-corrected chi connectivity index (χ0v) is 14.1. The Morgan fingerprint density at radius 3 is 2.48 bits per heavy atom. The van der Waals surface area contributed by atoms with Gasteiger partial charge < -0.3 is 19.9 Å². The maximum atomic E-state index is 12.5. The van der Waals surface area contributed by atoms with Crippen LogP contribution < -0.4 is 15.0 Å². The fourth-order valence-corrected chi connectivity index (χ4v) is 2.94. The number of nitrogens with zero attached hydrogens (tertiary/aromatic N) is 3. The molecule has 1 heterocycles. The second-order valence-electron chi connectivity index (χ2n) is 5.73. The first-order valence-electron chi connectivity index (χ1n) is 8.16. The van der Waals surface area contributed by atoms with Gasteiger partial charge in [0.2, 0.25) is 0 Å². The molecule has 2 aromatic carbocycles. The van der Waals surface area contributed by atoms with E-state index in [9.17, 15) is 10.1 Å². The molecule has 0 unspecified atom stereocenters. The number of ether oxygens (including phenoxy) is 1. The number of anilines is 2. The van der Waals surface area contributed by atoms with Gasteiger partial charge >= 0.3 is 6.03 Å². The van der Waals surface area contributed by atoms with Crippen LogP contribution in [0.2, 0.25) is 0 Å². The van der Waals surface area contributed by atoms with Gasteiger partial charge in [-0.2, -0.15) is 5.26 Å². The van der Waals surface area contributed by atoms with Gasteiger partial charge in [0.1, 0.15) is 11.8 Å². The van der Waals surface area contributed by atoms with E-state index in [1.807, 2.05) is 48.5 Å². The number of amides is 2. The Bertz CT molecular complexity index is 792. The van der Waals surface area contributed by atoms with Crippen molar-refractivity contribution in [2.75, 3.05) is 43.5 Å². The van der Waals surface area contributed by atoms with E-state index in [2.05, 4.69) is 16.3 Å². The second-order valence-corrected chi connectivity index (χ2v) is 5.73. The lowest BCUT2D eigenvalue weighted by atomic mass is 10.1. The average Bonchev–Trinajstić information content (AvgIpc) is 2.68. The number of para-hydroxylation sites is 3. The van der Waals surface area contributed by atoms with Gasteiger partial charge in [-0.3, -0.25) is 0 Å². The van der Waals surface area contributed by atoms with E-state index < -0.39 is 0 Å². The SMILES string of the molecule is COc1ccccc1NC(=O)N1CCN(c2ccccc2C#N)CC1. The van der Waals surface area contributed by atoms with Gasteiger partial charge in [-0.25, -0.2) is 4.79 Å². The molecular formula is C19H20N4O2. The first-order valence-corrected chi connectivity index (χ1v) is 8.16. The van der Waals surface area contributed by atoms with Crippen molar-refractivity contribution in [3.63, 3.8) is 0 Å². The molecule has 0 radical (unpaired) electrons. The average molecular weight is 336 g/mol. The van der Waals surface area contributed by atoms with Crippen LogP contribution in [-0.4, -0.2) is 44.2 Å². The van der Waals surface area contributed by atoms with Crippen LogP contribution in [-0.2, 0) is 0 Å². The first kappa shape index (κ1) is 16.7. The molecule has 0 spiro atoms. The minimum Gasteiger partial charge on any atom is -0.495 e. The summed E-state index contributed by atoms with van der Waals surface area (Å²) in [7, 11) is 1.58. The summed E-state index contributed by atoms with van der Waals surface area (Å²) in [5.74, 6) is 0.637. The van der Waals surface area contributed by atoms with E-state index in [1.54, 1.807) is 12.0 Å². The largest absolute Gasteiger partial charge is 0.495 e. The number of carbonyl (C=O) groups excluding carboxylic acids is 1. The molecule has 25 heavy (non-hydrogen) atoms. The summed E-state index contributed by atoms with van der Waals surface area (Å²) in [5.41, 5.74) is 2.25. The molecule has 1 N–H and O–H groups in total. The Morgan fingerprint density at radius 2 is 1.76 bits per heavy atom. The van der Waals surface area contributed by atoms with E-state index in [0.29, 0.717) is 43.2 Å². The summed E-state index contributed by atoms with van der Waals surface area (Å²) in [6.07, 6.45) is 0. The molecule has 128 valence electrons. The molecule has 3 rings (SSSR count). The van der Waals surface area contributed by atoms with Gasteiger partial charge in [-0.05, 0) is 24.3 Å². The number of methoxy groups -OCH3 is 1. The highest BCUT2D eigenvalue weighted by Crippen LogP contribution is 2.24. The maximum Gasteiger partial charge on any atom is 0.322 e. The van der Waals surface area contributed by atoms with Gasteiger partial charge in [0.15, 0.2) is 0 Å². The Balaban J connectivity index is 1.62. The molecule has 1 saturated heterocycles. The van der Waals surface area contributed by atoms with Crippen molar-refractivity contribution in [3.8, 4) is 11.8 Å². The number of nitrogens with one attached hydrogen (secondary N) is 1. The van der Waals surface area contributed by atoms with Crippen molar-refractivity contribution in [2.45, 2.75) is 0 Å². The first-order chi connectivity index (χ1) is 12.2. The van der Waals surface area contributed by atoms with Crippen LogP contribution in [0, 0.1) is 11.3 Å². The summed E-state index contributed by atoms with van der Waals surface area (Å²) < 4.78 is 5.26. The van der Waals surface area contributed by atoms with Crippen LogP contribution in [0.25, 0.3) is 0 Å². The zero-order chi connectivity index (χ0) is 17.6. The fraction of sp³-hybridized carbons (Fsp3) is 0.263. The van der Waals surface area contributed by atoms with Crippen LogP contribution in [0.4, 0.5) is 16.2 Å². The van der Waals surface area contributed by atoms with E-state index in [0.717, 1.165) is 5.69 Å². The van der Waals surface area contributed by atoms with Gasteiger partial charge in [0.25, 0.3) is 0 Å². The predicted molar refractivity (Wildman–Crippen MR) is 97.0 cm³/mol. The minimum absolute atomic E-state index is 0.141. The van der Waals surface area contributed by atoms with Crippen LogP contribution in [0.15, 0.2) is 48.5 Å². The highest BCUT2D eigenvalue weighted by atomic mass is 16.5. The molecule has 0 aliphatic carbocycles. The van der Waals surface area contributed by atoms with E-state index in [1.165, 1.54) is 0 Å². The molecule has 0 saturated carbocycles. The number of urea groups is 1. The molecule has 2 amide bonds. The monoisotopic (exact) mass is 336 g/mol.